The van der Waals surface area contributed by atoms with Gasteiger partial charge in [0, 0.05) is 18.7 Å². The van der Waals surface area contributed by atoms with Gasteiger partial charge in [0.1, 0.15) is 6.04 Å². The SMILES string of the molecule is CCN(C(=O)C1CC1)C(C=N)C(C)=O. The van der Waals surface area contributed by atoms with Crippen LogP contribution in [0.1, 0.15) is 26.7 Å². The van der Waals surface area contributed by atoms with Gasteiger partial charge in [0.15, 0.2) is 5.78 Å². The smallest absolute Gasteiger partial charge is 0.226 e. The first kappa shape index (κ1) is 10.9. The van der Waals surface area contributed by atoms with E-state index in [9.17, 15) is 9.59 Å². The predicted octanol–water partition coefficient (Wildman–Crippen LogP) is 0.852. The van der Waals surface area contributed by atoms with Gasteiger partial charge in [-0.1, -0.05) is 0 Å². The van der Waals surface area contributed by atoms with Gasteiger partial charge < -0.3 is 10.3 Å². The fourth-order valence-corrected chi connectivity index (χ4v) is 1.48. The minimum atomic E-state index is -0.659. The fraction of sp³-hybridized carbons (Fsp3) is 0.700. The van der Waals surface area contributed by atoms with E-state index in [1.807, 2.05) is 6.92 Å². The minimum absolute atomic E-state index is 0.0243. The maximum atomic E-state index is 11.7. The third-order valence-electron chi connectivity index (χ3n) is 2.46. The molecule has 1 atom stereocenters. The summed E-state index contributed by atoms with van der Waals surface area (Å²) in [5.41, 5.74) is 0. The second-order valence-electron chi connectivity index (χ2n) is 3.62. The van der Waals surface area contributed by atoms with E-state index in [0.717, 1.165) is 19.1 Å². The van der Waals surface area contributed by atoms with Gasteiger partial charge in [-0.15, -0.1) is 0 Å². The highest BCUT2D eigenvalue weighted by Crippen LogP contribution is 2.31. The number of carbonyl (C=O) groups excluding carboxylic acids is 2. The van der Waals surface area contributed by atoms with Gasteiger partial charge in [0.05, 0.1) is 0 Å². The van der Waals surface area contributed by atoms with Crippen molar-refractivity contribution < 1.29 is 9.59 Å². The molecule has 0 saturated heterocycles. The van der Waals surface area contributed by atoms with Crippen LogP contribution in [0.15, 0.2) is 0 Å². The molecule has 4 nitrogen and oxygen atoms in total. The van der Waals surface area contributed by atoms with Crippen LogP contribution in [0.3, 0.4) is 0 Å². The molecule has 0 bridgehead atoms. The van der Waals surface area contributed by atoms with E-state index in [4.69, 9.17) is 5.41 Å². The molecular weight excluding hydrogens is 180 g/mol. The Morgan fingerprint density at radius 2 is 2.14 bits per heavy atom. The Morgan fingerprint density at radius 3 is 2.43 bits per heavy atom. The molecule has 1 amide bonds. The summed E-state index contributed by atoms with van der Waals surface area (Å²) in [4.78, 5) is 24.4. The highest BCUT2D eigenvalue weighted by atomic mass is 16.2. The van der Waals surface area contributed by atoms with Crippen LogP contribution in [0, 0.1) is 11.3 Å². The van der Waals surface area contributed by atoms with Crippen LogP contribution in [0.25, 0.3) is 0 Å². The molecule has 1 N–H and O–H groups in total. The molecule has 0 spiro atoms. The third-order valence-corrected chi connectivity index (χ3v) is 2.46. The van der Waals surface area contributed by atoms with Crippen molar-refractivity contribution in [2.24, 2.45) is 5.92 Å². The van der Waals surface area contributed by atoms with Gasteiger partial charge in [-0.2, -0.15) is 0 Å². The van der Waals surface area contributed by atoms with E-state index >= 15 is 0 Å². The molecule has 1 unspecified atom stereocenters. The van der Waals surface area contributed by atoms with E-state index in [1.54, 1.807) is 0 Å². The van der Waals surface area contributed by atoms with Crippen molar-refractivity contribution in [2.75, 3.05) is 6.54 Å². The predicted molar refractivity (Wildman–Crippen MR) is 53.4 cm³/mol. The first-order valence-electron chi connectivity index (χ1n) is 4.93. The maximum absolute atomic E-state index is 11.7. The summed E-state index contributed by atoms with van der Waals surface area (Å²) in [6.07, 6.45) is 2.90. The number of carbonyl (C=O) groups is 2. The first-order valence-corrected chi connectivity index (χ1v) is 4.93. The number of rotatable bonds is 5. The third kappa shape index (κ3) is 2.19. The van der Waals surface area contributed by atoms with Gasteiger partial charge in [-0.05, 0) is 26.7 Å². The number of hydrogen-bond donors (Lipinski definition) is 1. The molecule has 1 aliphatic carbocycles. The summed E-state index contributed by atoms with van der Waals surface area (Å²) in [6.45, 7) is 3.74. The fourth-order valence-electron chi connectivity index (χ4n) is 1.48. The lowest BCUT2D eigenvalue weighted by molar-refractivity contribution is -0.137. The Morgan fingerprint density at radius 1 is 1.57 bits per heavy atom. The number of nitrogens with one attached hydrogen (secondary N) is 1. The lowest BCUT2D eigenvalue weighted by Gasteiger charge is -2.25. The topological polar surface area (TPSA) is 61.2 Å². The molecule has 14 heavy (non-hydrogen) atoms. The Hall–Kier alpha value is -1.19. The average molecular weight is 196 g/mol. The van der Waals surface area contributed by atoms with Gasteiger partial charge in [0.2, 0.25) is 5.91 Å². The summed E-state index contributed by atoms with van der Waals surface area (Å²) >= 11 is 0. The number of amides is 1. The molecule has 0 aromatic rings. The molecule has 78 valence electrons. The molecule has 1 fully saturated rings. The number of nitrogens with zero attached hydrogens (tertiary/aromatic N) is 1. The molecule has 1 rings (SSSR count). The second kappa shape index (κ2) is 4.35. The van der Waals surface area contributed by atoms with Crippen LogP contribution in [-0.2, 0) is 9.59 Å². The number of ketones is 1. The molecule has 1 aliphatic rings. The summed E-state index contributed by atoms with van der Waals surface area (Å²) in [6, 6.07) is -0.659. The molecular formula is C10H16N2O2. The van der Waals surface area contributed by atoms with E-state index < -0.39 is 6.04 Å². The van der Waals surface area contributed by atoms with E-state index in [1.165, 1.54) is 11.8 Å². The zero-order chi connectivity index (χ0) is 10.7. The second-order valence-corrected chi connectivity index (χ2v) is 3.62. The molecule has 0 aliphatic heterocycles. The Bertz CT molecular complexity index is 259. The van der Waals surface area contributed by atoms with Crippen LogP contribution < -0.4 is 0 Å². The summed E-state index contributed by atoms with van der Waals surface area (Å²) in [7, 11) is 0. The standard InChI is InChI=1S/C10H16N2O2/c1-3-12(9(6-11)7(2)13)10(14)8-4-5-8/h6,8-9,11H,3-5H2,1-2H3. The van der Waals surface area contributed by atoms with Crippen LogP contribution >= 0.6 is 0 Å². The van der Waals surface area contributed by atoms with Gasteiger partial charge in [-0.25, -0.2) is 0 Å². The lowest BCUT2D eigenvalue weighted by Crippen LogP contribution is -2.45. The normalized spacial score (nSPS) is 17.3. The van der Waals surface area contributed by atoms with E-state index in [0.29, 0.717) is 6.54 Å². The van der Waals surface area contributed by atoms with Crippen molar-refractivity contribution in [1.29, 1.82) is 5.41 Å². The van der Waals surface area contributed by atoms with Crippen molar-refractivity contribution in [3.63, 3.8) is 0 Å². The summed E-state index contributed by atoms with van der Waals surface area (Å²) < 4.78 is 0. The molecule has 0 heterocycles. The van der Waals surface area contributed by atoms with Crippen molar-refractivity contribution >= 4 is 17.9 Å². The van der Waals surface area contributed by atoms with Crippen molar-refractivity contribution in [3.05, 3.63) is 0 Å². The van der Waals surface area contributed by atoms with Crippen molar-refractivity contribution in [2.45, 2.75) is 32.7 Å². The molecule has 0 aromatic carbocycles. The highest BCUT2D eigenvalue weighted by Gasteiger charge is 2.36. The number of Topliss-reactive ketones (excluding diaryl/α,β-unsaturated/α-hetero) is 1. The Balaban J connectivity index is 2.71. The van der Waals surface area contributed by atoms with E-state index in [2.05, 4.69) is 0 Å². The zero-order valence-corrected chi connectivity index (χ0v) is 8.62. The highest BCUT2D eigenvalue weighted by molar-refractivity contribution is 6.00. The van der Waals surface area contributed by atoms with Gasteiger partial charge in [-0.3, -0.25) is 9.59 Å². The van der Waals surface area contributed by atoms with Crippen LogP contribution in [-0.4, -0.2) is 35.4 Å². The molecule has 0 radical (unpaired) electrons. The average Bonchev–Trinajstić information content (AvgIpc) is 2.95. The summed E-state index contributed by atoms with van der Waals surface area (Å²) in [5.74, 6) is -0.0104. The molecule has 0 aromatic heterocycles. The molecule has 4 heteroatoms. The monoisotopic (exact) mass is 196 g/mol. The molecule has 1 saturated carbocycles. The zero-order valence-electron chi connectivity index (χ0n) is 8.62. The minimum Gasteiger partial charge on any atom is -0.328 e. The van der Waals surface area contributed by atoms with Crippen molar-refractivity contribution in [3.8, 4) is 0 Å². The van der Waals surface area contributed by atoms with Crippen LogP contribution in [0.5, 0.6) is 0 Å². The maximum Gasteiger partial charge on any atom is 0.226 e. The number of hydrogen-bond acceptors (Lipinski definition) is 3. The Labute approximate surface area is 83.8 Å². The summed E-state index contributed by atoms with van der Waals surface area (Å²) in [5, 5.41) is 7.14. The largest absolute Gasteiger partial charge is 0.328 e. The lowest BCUT2D eigenvalue weighted by atomic mass is 10.1. The first-order chi connectivity index (χ1) is 6.61. The number of likely N-dealkylation sites (N-methyl/N-ethyl adjacent to an activating group) is 1. The quantitative estimate of drug-likeness (QED) is 0.663. The van der Waals surface area contributed by atoms with Crippen molar-refractivity contribution in [1.82, 2.24) is 4.90 Å². The van der Waals surface area contributed by atoms with Gasteiger partial charge in [0.25, 0.3) is 0 Å². The van der Waals surface area contributed by atoms with Crippen LogP contribution in [0.2, 0.25) is 0 Å². The van der Waals surface area contributed by atoms with Gasteiger partial charge >= 0.3 is 0 Å². The van der Waals surface area contributed by atoms with Crippen LogP contribution in [0.4, 0.5) is 0 Å². The van der Waals surface area contributed by atoms with E-state index in [-0.39, 0.29) is 17.6 Å². The Kier molecular flexibility index (Phi) is 3.38.